The van der Waals surface area contributed by atoms with Crippen LogP contribution in [0.25, 0.3) is 49.9 Å². The fourth-order valence-corrected chi connectivity index (χ4v) is 7.12. The Labute approximate surface area is 287 Å². The zero-order valence-electron chi connectivity index (χ0n) is 27.2. The summed E-state index contributed by atoms with van der Waals surface area (Å²) in [5.41, 5.74) is 7.11. The highest BCUT2D eigenvalue weighted by Gasteiger charge is 2.25. The summed E-state index contributed by atoms with van der Waals surface area (Å²) < 4.78 is 24.5. The number of nitrogens with zero attached hydrogens (tertiary/aromatic N) is 7. The van der Waals surface area contributed by atoms with E-state index in [4.69, 9.17) is 9.84 Å². The summed E-state index contributed by atoms with van der Waals surface area (Å²) in [7, 11) is 0. The number of benzene rings is 4. The molecule has 1 atom stereocenters. The van der Waals surface area contributed by atoms with Crippen LogP contribution in [-0.4, -0.2) is 53.8 Å². The van der Waals surface area contributed by atoms with Crippen LogP contribution in [0.5, 0.6) is 0 Å². The third-order valence-corrected chi connectivity index (χ3v) is 9.73. The van der Waals surface area contributed by atoms with Gasteiger partial charge in [-0.3, -0.25) is 0 Å². The van der Waals surface area contributed by atoms with Crippen LogP contribution in [0.1, 0.15) is 36.6 Å². The smallest absolute Gasteiger partial charge is 0.322 e. The number of hydrogen-bond donors (Lipinski definition) is 1. The minimum atomic E-state index is -0.528. The minimum absolute atomic E-state index is 0.129. The van der Waals surface area contributed by atoms with Crippen molar-refractivity contribution in [3.63, 3.8) is 0 Å². The van der Waals surface area contributed by atoms with Gasteiger partial charge in [0.05, 0.1) is 23.1 Å². The van der Waals surface area contributed by atoms with Crippen molar-refractivity contribution >= 4 is 33.4 Å². The van der Waals surface area contributed by atoms with E-state index in [-0.39, 0.29) is 12.3 Å². The maximum atomic E-state index is 14.7. The second-order valence-electron chi connectivity index (χ2n) is 12.8. The van der Waals surface area contributed by atoms with E-state index in [1.807, 2.05) is 82.5 Å². The van der Waals surface area contributed by atoms with Gasteiger partial charge in [-0.1, -0.05) is 53.7 Å². The summed E-state index contributed by atoms with van der Waals surface area (Å²) in [5.74, 6) is -0.528. The molecule has 2 aliphatic rings. The van der Waals surface area contributed by atoms with Gasteiger partial charge >= 0.3 is 6.03 Å². The van der Waals surface area contributed by atoms with Crippen molar-refractivity contribution < 1.29 is 13.9 Å². The Morgan fingerprint density at radius 2 is 1.84 bits per heavy atom. The number of carbonyl (C=O) groups is 1. The molecule has 0 aliphatic carbocycles. The van der Waals surface area contributed by atoms with Crippen molar-refractivity contribution in [1.29, 1.82) is 0 Å². The Morgan fingerprint density at radius 1 is 0.920 bits per heavy atom. The van der Waals surface area contributed by atoms with E-state index in [0.717, 1.165) is 64.3 Å². The number of fused-ring (bicyclic) bond motifs is 3. The van der Waals surface area contributed by atoms with Crippen LogP contribution in [0.4, 0.5) is 14.9 Å². The zero-order chi connectivity index (χ0) is 33.6. The molecule has 4 aromatic carbocycles. The van der Waals surface area contributed by atoms with E-state index in [0.29, 0.717) is 42.2 Å². The molecule has 2 aliphatic heterocycles. The van der Waals surface area contributed by atoms with Crippen LogP contribution in [0.15, 0.2) is 103 Å². The zero-order valence-corrected chi connectivity index (χ0v) is 27.2. The van der Waals surface area contributed by atoms with Crippen LogP contribution in [-0.2, 0) is 17.7 Å². The fraction of sp³-hybridized carbons (Fsp3) is 0.205. The first kappa shape index (κ1) is 30.1. The van der Waals surface area contributed by atoms with E-state index in [1.54, 1.807) is 16.8 Å². The summed E-state index contributed by atoms with van der Waals surface area (Å²) in [4.78, 5) is 19.1. The summed E-state index contributed by atoms with van der Waals surface area (Å²) in [6, 6.07) is 29.3. The molecular formula is C39H33FN8O2. The summed E-state index contributed by atoms with van der Waals surface area (Å²) in [6.07, 6.45) is 6.80. The van der Waals surface area contributed by atoms with Crippen LogP contribution in [0, 0.1) is 5.95 Å². The van der Waals surface area contributed by atoms with Crippen molar-refractivity contribution in [2.75, 3.05) is 18.5 Å². The predicted octanol–water partition coefficient (Wildman–Crippen LogP) is 7.93. The average molecular weight is 665 g/mol. The predicted molar refractivity (Wildman–Crippen MR) is 189 cm³/mol. The number of aromatic nitrogens is 6. The van der Waals surface area contributed by atoms with Gasteiger partial charge in [-0.2, -0.15) is 9.49 Å². The molecule has 1 fully saturated rings. The van der Waals surface area contributed by atoms with Crippen molar-refractivity contribution in [1.82, 2.24) is 34.7 Å². The summed E-state index contributed by atoms with van der Waals surface area (Å²) >= 11 is 0. The highest BCUT2D eigenvalue weighted by atomic mass is 19.1. The van der Waals surface area contributed by atoms with E-state index < -0.39 is 5.95 Å². The molecule has 5 heterocycles. The highest BCUT2D eigenvalue weighted by Crippen LogP contribution is 2.35. The molecular weight excluding hydrogens is 631 g/mol. The number of anilines is 1. The number of ether oxygens (including phenoxy) is 1. The SMILES string of the molecule is O=C(Nc1cccc2ccccc12)N1CCc2ccc(-n3cc(-c4nn(C5CCCCO5)c5ccc(-c6cccnc6F)cc45)nn3)cc2C1. The molecule has 0 spiro atoms. The van der Waals surface area contributed by atoms with Gasteiger partial charge in [0.15, 0.2) is 6.23 Å². The largest absolute Gasteiger partial charge is 0.356 e. The molecule has 1 saturated heterocycles. The first-order valence-electron chi connectivity index (χ1n) is 16.9. The van der Waals surface area contributed by atoms with Gasteiger partial charge in [0.25, 0.3) is 0 Å². The van der Waals surface area contributed by atoms with E-state index in [2.05, 4.69) is 32.7 Å². The van der Waals surface area contributed by atoms with Crippen molar-refractivity contribution in [2.24, 2.45) is 0 Å². The number of rotatable bonds is 5. The van der Waals surface area contributed by atoms with Crippen LogP contribution < -0.4 is 5.32 Å². The Kier molecular flexibility index (Phi) is 7.54. The van der Waals surface area contributed by atoms with Crippen LogP contribution in [0.2, 0.25) is 0 Å². The first-order chi connectivity index (χ1) is 24.6. The Morgan fingerprint density at radius 3 is 2.74 bits per heavy atom. The van der Waals surface area contributed by atoms with Gasteiger partial charge < -0.3 is 15.0 Å². The Balaban J connectivity index is 1.02. The van der Waals surface area contributed by atoms with Crippen LogP contribution in [0.3, 0.4) is 0 Å². The van der Waals surface area contributed by atoms with Crippen molar-refractivity contribution in [3.05, 3.63) is 120 Å². The lowest BCUT2D eigenvalue weighted by atomic mass is 9.99. The number of carbonyl (C=O) groups excluding carboxylic acids is 1. The quantitative estimate of drug-likeness (QED) is 0.188. The van der Waals surface area contributed by atoms with Gasteiger partial charge in [-0.05, 0) is 90.2 Å². The molecule has 11 heteroatoms. The van der Waals surface area contributed by atoms with E-state index in [1.165, 1.54) is 11.8 Å². The third kappa shape index (κ3) is 5.45. The van der Waals surface area contributed by atoms with E-state index in [9.17, 15) is 9.18 Å². The summed E-state index contributed by atoms with van der Waals surface area (Å²) in [6.45, 7) is 1.78. The number of amides is 2. The minimum Gasteiger partial charge on any atom is -0.356 e. The van der Waals surface area contributed by atoms with Gasteiger partial charge in [0.1, 0.15) is 11.4 Å². The number of urea groups is 1. The number of pyridine rings is 1. The molecule has 10 nitrogen and oxygen atoms in total. The molecule has 1 unspecified atom stereocenters. The third-order valence-electron chi connectivity index (χ3n) is 9.73. The molecule has 0 saturated carbocycles. The molecule has 0 radical (unpaired) electrons. The lowest BCUT2D eigenvalue weighted by Gasteiger charge is -2.29. The topological polar surface area (TPSA) is 103 Å². The molecule has 1 N–H and O–H groups in total. The van der Waals surface area contributed by atoms with Gasteiger partial charge in [0.2, 0.25) is 5.95 Å². The molecule has 248 valence electrons. The second kappa shape index (κ2) is 12.5. The Bertz CT molecular complexity index is 2390. The molecule has 7 aromatic rings. The van der Waals surface area contributed by atoms with Crippen molar-refractivity contribution in [3.8, 4) is 28.2 Å². The highest BCUT2D eigenvalue weighted by molar-refractivity contribution is 6.01. The second-order valence-corrected chi connectivity index (χ2v) is 12.8. The van der Waals surface area contributed by atoms with Crippen molar-refractivity contribution in [2.45, 2.75) is 38.5 Å². The lowest BCUT2D eigenvalue weighted by molar-refractivity contribution is -0.0365. The molecule has 2 amide bonds. The Hall–Kier alpha value is -5.94. The molecule has 50 heavy (non-hydrogen) atoms. The average Bonchev–Trinajstić information content (AvgIpc) is 3.80. The lowest BCUT2D eigenvalue weighted by Crippen LogP contribution is -2.39. The van der Waals surface area contributed by atoms with E-state index >= 15 is 0 Å². The maximum absolute atomic E-state index is 14.7. The fourth-order valence-electron chi connectivity index (χ4n) is 7.12. The molecule has 0 bridgehead atoms. The van der Waals surface area contributed by atoms with Gasteiger partial charge in [-0.15, -0.1) is 5.10 Å². The summed E-state index contributed by atoms with van der Waals surface area (Å²) in [5, 5.41) is 20.1. The number of hydrogen-bond acceptors (Lipinski definition) is 6. The first-order valence-corrected chi connectivity index (χ1v) is 16.9. The van der Waals surface area contributed by atoms with Gasteiger partial charge in [0, 0.05) is 42.2 Å². The van der Waals surface area contributed by atoms with Gasteiger partial charge in [-0.25, -0.2) is 19.1 Å². The number of halogens is 1. The maximum Gasteiger partial charge on any atom is 0.322 e. The normalized spacial score (nSPS) is 16.1. The number of nitrogens with one attached hydrogen (secondary N) is 1. The molecule has 9 rings (SSSR count). The monoisotopic (exact) mass is 664 g/mol. The standard InChI is InChI=1S/C39H33FN8O2/c40-38-31(10-6-18-41-38)27-14-16-35-32(22-27)37(44-48(35)36-12-3-4-20-50-36)34-24-47(45-43-34)29-15-13-25-17-19-46(23-28(25)21-29)39(49)42-33-11-5-8-26-7-1-2-9-30(26)33/h1-2,5-11,13-16,18,21-22,24,36H,3-4,12,17,19-20,23H2,(H,42,49). The molecule has 3 aromatic heterocycles. The van der Waals surface area contributed by atoms with Crippen LogP contribution >= 0.6 is 0 Å².